The summed E-state index contributed by atoms with van der Waals surface area (Å²) in [7, 11) is 2.24. The smallest absolute Gasteiger partial charge is 0.101 e. The molecular formula is C20H22N2O. The summed E-state index contributed by atoms with van der Waals surface area (Å²) < 4.78 is 8.87. The lowest BCUT2D eigenvalue weighted by Gasteiger charge is -2.57. The monoisotopic (exact) mass is 306 g/mol. The minimum atomic E-state index is 0.276. The highest BCUT2D eigenvalue weighted by atomic mass is 16.5. The van der Waals surface area contributed by atoms with Crippen LogP contribution in [0.3, 0.4) is 0 Å². The zero-order valence-corrected chi connectivity index (χ0v) is 13.7. The number of hydrogen-bond donors (Lipinski definition) is 0. The predicted octanol–water partition coefficient (Wildman–Crippen LogP) is 3.57. The number of para-hydroxylation sites is 1. The van der Waals surface area contributed by atoms with E-state index in [0.29, 0.717) is 18.0 Å². The van der Waals surface area contributed by atoms with E-state index in [2.05, 4.69) is 53.8 Å². The molecule has 23 heavy (non-hydrogen) atoms. The van der Waals surface area contributed by atoms with Crippen molar-refractivity contribution >= 4 is 10.9 Å². The van der Waals surface area contributed by atoms with Crippen LogP contribution in [-0.2, 0) is 11.8 Å². The van der Waals surface area contributed by atoms with Crippen molar-refractivity contribution in [2.45, 2.75) is 31.5 Å². The fourth-order valence-electron chi connectivity index (χ4n) is 6.11. The number of hydrogen-bond acceptors (Lipinski definition) is 2. The Kier molecular flexibility index (Phi) is 2.27. The molecule has 4 saturated heterocycles. The third-order valence-electron chi connectivity index (χ3n) is 7.00. The average molecular weight is 306 g/mol. The van der Waals surface area contributed by atoms with Gasteiger partial charge in [0.2, 0.25) is 0 Å². The average Bonchev–Trinajstić information content (AvgIpc) is 3.17. The SMILES string of the molecule is C/C=C1\CN2[C@@H]3[C@H]4CO[C@@H]3c3c(n(C)c5ccccc35)[C@@H]2C[C@@H]14. The third kappa shape index (κ3) is 1.32. The van der Waals surface area contributed by atoms with Crippen molar-refractivity contribution in [2.24, 2.45) is 18.9 Å². The molecule has 0 spiro atoms. The van der Waals surface area contributed by atoms with Gasteiger partial charge >= 0.3 is 0 Å². The zero-order chi connectivity index (χ0) is 15.3. The third-order valence-corrected chi connectivity index (χ3v) is 7.00. The number of aryl methyl sites for hydroxylation is 1. The van der Waals surface area contributed by atoms with E-state index >= 15 is 0 Å². The molecule has 1 unspecified atom stereocenters. The normalized spacial score (nSPS) is 41.7. The molecule has 6 atom stereocenters. The topological polar surface area (TPSA) is 17.4 Å². The van der Waals surface area contributed by atoms with Gasteiger partial charge in [-0.15, -0.1) is 0 Å². The number of fused-ring (bicyclic) bond motifs is 5. The molecule has 0 aliphatic carbocycles. The summed E-state index contributed by atoms with van der Waals surface area (Å²) in [6.07, 6.45) is 3.91. The van der Waals surface area contributed by atoms with Gasteiger partial charge in [-0.05, 0) is 25.3 Å². The van der Waals surface area contributed by atoms with Crippen LogP contribution in [0.2, 0.25) is 0 Å². The number of allylic oxidation sites excluding steroid dienone is 1. The molecule has 6 heterocycles. The summed E-state index contributed by atoms with van der Waals surface area (Å²) in [5.74, 6) is 1.43. The minimum Gasteiger partial charge on any atom is -0.371 e. The molecule has 0 saturated carbocycles. The summed E-state index contributed by atoms with van der Waals surface area (Å²) in [6.45, 7) is 4.29. The molecule has 1 aromatic heterocycles. The van der Waals surface area contributed by atoms with Gasteiger partial charge < -0.3 is 9.30 Å². The van der Waals surface area contributed by atoms with Gasteiger partial charge in [-0.3, -0.25) is 4.90 Å². The number of benzene rings is 1. The summed E-state index contributed by atoms with van der Waals surface area (Å²) in [5, 5.41) is 1.41. The number of ether oxygens (including phenoxy) is 1. The van der Waals surface area contributed by atoms with Crippen LogP contribution in [0.4, 0.5) is 0 Å². The van der Waals surface area contributed by atoms with Crippen molar-refractivity contribution in [2.75, 3.05) is 13.2 Å². The molecule has 0 radical (unpaired) electrons. The Labute approximate surface area is 136 Å². The van der Waals surface area contributed by atoms with Crippen LogP contribution in [0.15, 0.2) is 35.9 Å². The maximum absolute atomic E-state index is 6.43. The first kappa shape index (κ1) is 12.8. The fraction of sp³-hybridized carbons (Fsp3) is 0.500. The molecule has 3 heteroatoms. The van der Waals surface area contributed by atoms with E-state index < -0.39 is 0 Å². The standard InChI is InChI=1S/C20H22N2O/c1-3-11-9-22-16-8-13(11)14-10-23-20(18(14)22)17-12-6-4-5-7-15(12)21(2)19(16)17/h3-7,13-14,16,18,20H,8-10H2,1-2H3/b11-3+/t13-,14-,16-,18+,20+/m0/s1. The summed E-state index contributed by atoms with van der Waals surface area (Å²) in [5.41, 5.74) is 6.03. The number of aromatic nitrogens is 1. The van der Waals surface area contributed by atoms with Gasteiger partial charge in [-0.25, -0.2) is 0 Å². The lowest BCUT2D eigenvalue weighted by atomic mass is 9.64. The van der Waals surface area contributed by atoms with Crippen molar-refractivity contribution in [1.82, 2.24) is 9.47 Å². The Morgan fingerprint density at radius 1 is 1.26 bits per heavy atom. The molecule has 5 aliphatic rings. The molecule has 0 amide bonds. The fourth-order valence-corrected chi connectivity index (χ4v) is 6.11. The molecule has 4 bridgehead atoms. The van der Waals surface area contributed by atoms with E-state index in [4.69, 9.17) is 4.74 Å². The van der Waals surface area contributed by atoms with Crippen LogP contribution < -0.4 is 0 Å². The molecule has 1 aromatic carbocycles. The molecular weight excluding hydrogens is 284 g/mol. The number of rotatable bonds is 0. The summed E-state index contributed by atoms with van der Waals surface area (Å²) >= 11 is 0. The van der Waals surface area contributed by atoms with E-state index in [1.54, 1.807) is 5.57 Å². The lowest BCUT2D eigenvalue weighted by Crippen LogP contribution is -2.59. The van der Waals surface area contributed by atoms with Crippen LogP contribution in [0.5, 0.6) is 0 Å². The maximum Gasteiger partial charge on any atom is 0.101 e. The summed E-state index contributed by atoms with van der Waals surface area (Å²) in [6, 6.07) is 10.1. The van der Waals surface area contributed by atoms with Gasteiger partial charge in [-0.1, -0.05) is 29.8 Å². The molecule has 3 nitrogen and oxygen atoms in total. The molecule has 4 fully saturated rings. The van der Waals surface area contributed by atoms with Gasteiger partial charge in [0.1, 0.15) is 6.10 Å². The first-order chi connectivity index (χ1) is 11.3. The Balaban J connectivity index is 1.66. The van der Waals surface area contributed by atoms with Crippen LogP contribution in [0, 0.1) is 11.8 Å². The highest BCUT2D eigenvalue weighted by Gasteiger charge is 2.60. The second kappa shape index (κ2) is 4.08. The second-order valence-corrected chi connectivity index (χ2v) is 7.68. The van der Waals surface area contributed by atoms with E-state index in [-0.39, 0.29) is 6.10 Å². The first-order valence-corrected chi connectivity index (χ1v) is 8.89. The summed E-state index contributed by atoms with van der Waals surface area (Å²) in [4.78, 5) is 2.76. The van der Waals surface area contributed by atoms with Gasteiger partial charge in [0.25, 0.3) is 0 Å². The van der Waals surface area contributed by atoms with Crippen LogP contribution >= 0.6 is 0 Å². The van der Waals surface area contributed by atoms with Crippen molar-refractivity contribution in [3.8, 4) is 0 Å². The number of piperidine rings is 3. The van der Waals surface area contributed by atoms with Gasteiger partial charge in [-0.2, -0.15) is 0 Å². The lowest BCUT2D eigenvalue weighted by molar-refractivity contribution is -0.0346. The highest BCUT2D eigenvalue weighted by Crippen LogP contribution is 2.61. The van der Waals surface area contributed by atoms with Crippen LogP contribution in [0.25, 0.3) is 10.9 Å². The molecule has 7 rings (SSSR count). The van der Waals surface area contributed by atoms with Gasteiger partial charge in [0.15, 0.2) is 0 Å². The first-order valence-electron chi connectivity index (χ1n) is 8.89. The molecule has 5 aliphatic heterocycles. The van der Waals surface area contributed by atoms with Crippen LogP contribution in [0.1, 0.15) is 36.7 Å². The highest BCUT2D eigenvalue weighted by molar-refractivity contribution is 5.86. The van der Waals surface area contributed by atoms with Gasteiger partial charge in [0, 0.05) is 47.7 Å². The number of nitrogens with zero attached hydrogens (tertiary/aromatic N) is 2. The zero-order valence-electron chi connectivity index (χ0n) is 13.7. The Morgan fingerprint density at radius 3 is 3.00 bits per heavy atom. The van der Waals surface area contributed by atoms with Crippen molar-refractivity contribution in [1.29, 1.82) is 0 Å². The van der Waals surface area contributed by atoms with Crippen molar-refractivity contribution in [3.05, 3.63) is 47.2 Å². The van der Waals surface area contributed by atoms with Crippen molar-refractivity contribution in [3.63, 3.8) is 0 Å². The van der Waals surface area contributed by atoms with Crippen LogP contribution in [-0.4, -0.2) is 28.7 Å². The molecule has 118 valence electrons. The van der Waals surface area contributed by atoms with Gasteiger partial charge in [0.05, 0.1) is 12.6 Å². The van der Waals surface area contributed by atoms with E-state index in [0.717, 1.165) is 19.1 Å². The quantitative estimate of drug-likeness (QED) is 0.692. The van der Waals surface area contributed by atoms with Crippen molar-refractivity contribution < 1.29 is 4.74 Å². The Bertz CT molecular complexity index is 864. The molecule has 0 N–H and O–H groups in total. The predicted molar refractivity (Wildman–Crippen MR) is 90.2 cm³/mol. The Hall–Kier alpha value is -1.58. The minimum absolute atomic E-state index is 0.276. The second-order valence-electron chi connectivity index (χ2n) is 7.68. The van der Waals surface area contributed by atoms with E-state index in [1.165, 1.54) is 28.6 Å². The Morgan fingerprint density at radius 2 is 2.13 bits per heavy atom. The largest absolute Gasteiger partial charge is 0.371 e. The molecule has 2 aromatic rings. The van der Waals surface area contributed by atoms with E-state index in [1.807, 2.05) is 0 Å². The maximum atomic E-state index is 6.43. The van der Waals surface area contributed by atoms with E-state index in [9.17, 15) is 0 Å².